The van der Waals surface area contributed by atoms with Crippen LogP contribution >= 0.6 is 0 Å². The predicted molar refractivity (Wildman–Crippen MR) is 62.0 cm³/mol. The van der Waals surface area contributed by atoms with E-state index in [4.69, 9.17) is 4.74 Å². The highest BCUT2D eigenvalue weighted by atomic mass is 16.5. The Morgan fingerprint density at radius 3 is 2.53 bits per heavy atom. The van der Waals surface area contributed by atoms with E-state index in [1.54, 1.807) is 7.11 Å². The molecule has 2 rings (SSSR count). The topological polar surface area (TPSA) is 21.3 Å². The van der Waals surface area contributed by atoms with Crippen molar-refractivity contribution < 1.29 is 4.74 Å². The highest BCUT2D eigenvalue weighted by molar-refractivity contribution is 5.27. The fourth-order valence-electron chi connectivity index (χ4n) is 1.79. The first-order valence-corrected chi connectivity index (χ1v) is 5.66. The SMILES string of the molecule is COc1ccc(CNC(C)C2CC2)cc1. The smallest absolute Gasteiger partial charge is 0.118 e. The first-order valence-electron chi connectivity index (χ1n) is 5.66. The van der Waals surface area contributed by atoms with Crippen molar-refractivity contribution in [3.8, 4) is 5.75 Å². The van der Waals surface area contributed by atoms with Gasteiger partial charge in [0, 0.05) is 12.6 Å². The summed E-state index contributed by atoms with van der Waals surface area (Å²) in [7, 11) is 1.70. The fraction of sp³-hybridized carbons (Fsp3) is 0.538. The number of nitrogens with one attached hydrogen (secondary N) is 1. The van der Waals surface area contributed by atoms with Crippen molar-refractivity contribution in [2.45, 2.75) is 32.4 Å². The summed E-state index contributed by atoms with van der Waals surface area (Å²) in [4.78, 5) is 0. The van der Waals surface area contributed by atoms with Gasteiger partial charge in [-0.15, -0.1) is 0 Å². The van der Waals surface area contributed by atoms with E-state index in [-0.39, 0.29) is 0 Å². The third kappa shape index (κ3) is 2.96. The number of benzene rings is 1. The van der Waals surface area contributed by atoms with Crippen LogP contribution < -0.4 is 10.1 Å². The zero-order chi connectivity index (χ0) is 10.7. The lowest BCUT2D eigenvalue weighted by atomic mass is 10.2. The Balaban J connectivity index is 1.81. The minimum atomic E-state index is 0.659. The van der Waals surface area contributed by atoms with E-state index in [0.29, 0.717) is 6.04 Å². The fourth-order valence-corrected chi connectivity index (χ4v) is 1.79. The van der Waals surface area contributed by atoms with Gasteiger partial charge < -0.3 is 10.1 Å². The zero-order valence-corrected chi connectivity index (χ0v) is 9.49. The molecule has 0 spiro atoms. The van der Waals surface area contributed by atoms with Crippen molar-refractivity contribution >= 4 is 0 Å². The van der Waals surface area contributed by atoms with Crippen molar-refractivity contribution in [3.63, 3.8) is 0 Å². The first-order chi connectivity index (χ1) is 7.29. The average molecular weight is 205 g/mol. The molecule has 1 aliphatic carbocycles. The van der Waals surface area contributed by atoms with E-state index in [0.717, 1.165) is 18.2 Å². The van der Waals surface area contributed by atoms with Gasteiger partial charge in [-0.2, -0.15) is 0 Å². The Kier molecular flexibility index (Phi) is 3.27. The van der Waals surface area contributed by atoms with Gasteiger partial charge in [-0.1, -0.05) is 12.1 Å². The van der Waals surface area contributed by atoms with Gasteiger partial charge in [0.1, 0.15) is 5.75 Å². The van der Waals surface area contributed by atoms with Crippen LogP contribution in [0.2, 0.25) is 0 Å². The van der Waals surface area contributed by atoms with Crippen molar-refractivity contribution in [1.82, 2.24) is 5.32 Å². The monoisotopic (exact) mass is 205 g/mol. The van der Waals surface area contributed by atoms with E-state index in [1.165, 1.54) is 18.4 Å². The first kappa shape index (κ1) is 10.5. The van der Waals surface area contributed by atoms with Crippen LogP contribution in [0.25, 0.3) is 0 Å². The van der Waals surface area contributed by atoms with Crippen LogP contribution in [0.5, 0.6) is 5.75 Å². The van der Waals surface area contributed by atoms with Crippen molar-refractivity contribution in [2.75, 3.05) is 7.11 Å². The molecule has 0 aromatic heterocycles. The summed E-state index contributed by atoms with van der Waals surface area (Å²) in [5, 5.41) is 3.56. The second kappa shape index (κ2) is 4.67. The molecule has 0 bridgehead atoms. The quantitative estimate of drug-likeness (QED) is 0.797. The molecule has 2 nitrogen and oxygen atoms in total. The van der Waals surface area contributed by atoms with Crippen LogP contribution in [0.1, 0.15) is 25.3 Å². The Hall–Kier alpha value is -1.02. The van der Waals surface area contributed by atoms with E-state index in [1.807, 2.05) is 12.1 Å². The standard InChI is InChI=1S/C13H19NO/c1-10(12-5-6-12)14-9-11-3-7-13(15-2)8-4-11/h3-4,7-8,10,12,14H,5-6,9H2,1-2H3. The summed E-state index contributed by atoms with van der Waals surface area (Å²) in [6, 6.07) is 8.92. The van der Waals surface area contributed by atoms with E-state index in [2.05, 4.69) is 24.4 Å². The maximum Gasteiger partial charge on any atom is 0.118 e. The summed E-state index contributed by atoms with van der Waals surface area (Å²) in [5.74, 6) is 1.84. The molecule has 1 atom stereocenters. The van der Waals surface area contributed by atoms with Gasteiger partial charge in [0.05, 0.1) is 7.11 Å². The highest BCUT2D eigenvalue weighted by Gasteiger charge is 2.27. The lowest BCUT2D eigenvalue weighted by molar-refractivity contribution is 0.414. The molecule has 1 fully saturated rings. The van der Waals surface area contributed by atoms with E-state index in [9.17, 15) is 0 Å². The number of methoxy groups -OCH3 is 1. The Bertz CT molecular complexity index is 303. The molecule has 0 aliphatic heterocycles. The Labute approximate surface area is 91.6 Å². The van der Waals surface area contributed by atoms with Gasteiger partial charge in [-0.05, 0) is 43.4 Å². The Morgan fingerprint density at radius 2 is 2.00 bits per heavy atom. The van der Waals surface area contributed by atoms with Crippen molar-refractivity contribution in [2.24, 2.45) is 5.92 Å². The number of hydrogen-bond donors (Lipinski definition) is 1. The summed E-state index contributed by atoms with van der Waals surface area (Å²) >= 11 is 0. The van der Waals surface area contributed by atoms with Gasteiger partial charge in [0.15, 0.2) is 0 Å². The van der Waals surface area contributed by atoms with Gasteiger partial charge in [0.2, 0.25) is 0 Å². The van der Waals surface area contributed by atoms with Gasteiger partial charge >= 0.3 is 0 Å². The summed E-state index contributed by atoms with van der Waals surface area (Å²) < 4.78 is 5.12. The molecule has 1 N–H and O–H groups in total. The third-order valence-corrected chi connectivity index (χ3v) is 3.12. The lowest BCUT2D eigenvalue weighted by Crippen LogP contribution is -2.27. The predicted octanol–water partition coefficient (Wildman–Crippen LogP) is 2.58. The molecule has 1 aromatic carbocycles. The Morgan fingerprint density at radius 1 is 1.33 bits per heavy atom. The molecular weight excluding hydrogens is 186 g/mol. The molecule has 1 unspecified atom stereocenters. The van der Waals surface area contributed by atoms with E-state index < -0.39 is 0 Å². The number of rotatable bonds is 5. The molecule has 2 heteroatoms. The molecule has 1 aliphatic rings. The summed E-state index contributed by atoms with van der Waals surface area (Å²) in [5.41, 5.74) is 1.32. The molecule has 82 valence electrons. The summed E-state index contributed by atoms with van der Waals surface area (Å²) in [6.07, 6.45) is 2.80. The summed E-state index contributed by atoms with van der Waals surface area (Å²) in [6.45, 7) is 3.24. The van der Waals surface area contributed by atoms with E-state index >= 15 is 0 Å². The maximum atomic E-state index is 5.12. The van der Waals surface area contributed by atoms with Crippen molar-refractivity contribution in [3.05, 3.63) is 29.8 Å². The van der Waals surface area contributed by atoms with Gasteiger partial charge in [0.25, 0.3) is 0 Å². The maximum absolute atomic E-state index is 5.12. The molecule has 0 saturated heterocycles. The molecule has 0 amide bonds. The number of hydrogen-bond acceptors (Lipinski definition) is 2. The molecule has 1 saturated carbocycles. The molecule has 0 heterocycles. The van der Waals surface area contributed by atoms with Crippen molar-refractivity contribution in [1.29, 1.82) is 0 Å². The highest BCUT2D eigenvalue weighted by Crippen LogP contribution is 2.32. The van der Waals surface area contributed by atoms with Crippen LogP contribution in [0.15, 0.2) is 24.3 Å². The van der Waals surface area contributed by atoms with Gasteiger partial charge in [-0.3, -0.25) is 0 Å². The second-order valence-electron chi connectivity index (χ2n) is 4.36. The van der Waals surface area contributed by atoms with Crippen LogP contribution in [0, 0.1) is 5.92 Å². The third-order valence-electron chi connectivity index (χ3n) is 3.12. The lowest BCUT2D eigenvalue weighted by Gasteiger charge is -2.12. The zero-order valence-electron chi connectivity index (χ0n) is 9.49. The number of ether oxygens (including phenoxy) is 1. The second-order valence-corrected chi connectivity index (χ2v) is 4.36. The van der Waals surface area contributed by atoms with Crippen LogP contribution in [0.4, 0.5) is 0 Å². The average Bonchev–Trinajstić information content (AvgIpc) is 3.10. The largest absolute Gasteiger partial charge is 0.497 e. The molecule has 1 aromatic rings. The minimum absolute atomic E-state index is 0.659. The molecule has 15 heavy (non-hydrogen) atoms. The normalized spacial score (nSPS) is 17.5. The van der Waals surface area contributed by atoms with Crippen LogP contribution in [0.3, 0.4) is 0 Å². The van der Waals surface area contributed by atoms with Gasteiger partial charge in [-0.25, -0.2) is 0 Å². The van der Waals surface area contributed by atoms with Crippen LogP contribution in [-0.2, 0) is 6.54 Å². The molecule has 0 radical (unpaired) electrons. The molecular formula is C13H19NO. The minimum Gasteiger partial charge on any atom is -0.497 e. The van der Waals surface area contributed by atoms with Crippen LogP contribution in [-0.4, -0.2) is 13.2 Å².